The molecule has 0 atom stereocenters. The maximum absolute atomic E-state index is 12.7. The van der Waals surface area contributed by atoms with Crippen LogP contribution < -0.4 is 10.2 Å². The van der Waals surface area contributed by atoms with Gasteiger partial charge in [-0.1, -0.05) is 41.9 Å². The summed E-state index contributed by atoms with van der Waals surface area (Å²) in [7, 11) is 0. The number of piperidine rings is 1. The summed E-state index contributed by atoms with van der Waals surface area (Å²) in [6.07, 6.45) is 6.00. The standard InChI is InChI=1S/C25H26ClN3O3/c26-21-17-20(9-10-22(21)29-14-4-7-24(29)31)27-25(32)19-12-15-28(16-13-19)23(30)11-8-18-5-2-1-3-6-18/h1-3,5-6,8-11,17,19H,4,7,12-16H2,(H,27,32)/b11-8+. The van der Waals surface area contributed by atoms with Crippen molar-refractivity contribution in [3.05, 3.63) is 65.2 Å². The van der Waals surface area contributed by atoms with Crippen molar-refractivity contribution in [2.45, 2.75) is 25.7 Å². The first-order valence-electron chi connectivity index (χ1n) is 10.9. The maximum Gasteiger partial charge on any atom is 0.246 e. The molecule has 2 aliphatic rings. The van der Waals surface area contributed by atoms with E-state index < -0.39 is 0 Å². The second-order valence-corrected chi connectivity index (χ2v) is 8.56. The van der Waals surface area contributed by atoms with Crippen molar-refractivity contribution in [1.29, 1.82) is 0 Å². The summed E-state index contributed by atoms with van der Waals surface area (Å²) in [6, 6.07) is 14.9. The van der Waals surface area contributed by atoms with Gasteiger partial charge in [0.25, 0.3) is 0 Å². The summed E-state index contributed by atoms with van der Waals surface area (Å²) < 4.78 is 0. The summed E-state index contributed by atoms with van der Waals surface area (Å²) in [4.78, 5) is 40.6. The minimum absolute atomic E-state index is 0.0356. The number of nitrogens with one attached hydrogen (secondary N) is 1. The number of carbonyl (C=O) groups excluding carboxylic acids is 3. The summed E-state index contributed by atoms with van der Waals surface area (Å²) in [5.74, 6) is -0.191. The molecular weight excluding hydrogens is 426 g/mol. The van der Waals surface area contributed by atoms with E-state index in [-0.39, 0.29) is 23.6 Å². The monoisotopic (exact) mass is 451 g/mol. The Bertz CT molecular complexity index is 1030. The highest BCUT2D eigenvalue weighted by atomic mass is 35.5. The third kappa shape index (κ3) is 5.19. The van der Waals surface area contributed by atoms with Crippen molar-refractivity contribution >= 4 is 46.8 Å². The minimum atomic E-state index is -0.157. The van der Waals surface area contributed by atoms with Gasteiger partial charge in [0.15, 0.2) is 0 Å². The molecule has 3 amide bonds. The third-order valence-electron chi connectivity index (χ3n) is 5.97. The lowest BCUT2D eigenvalue weighted by Crippen LogP contribution is -2.40. The first-order chi connectivity index (χ1) is 15.5. The van der Waals surface area contributed by atoms with Crippen LogP contribution in [0.3, 0.4) is 0 Å². The number of likely N-dealkylation sites (tertiary alicyclic amines) is 1. The van der Waals surface area contributed by atoms with Gasteiger partial charge in [-0.25, -0.2) is 0 Å². The molecule has 0 radical (unpaired) electrons. The van der Waals surface area contributed by atoms with Crippen molar-refractivity contribution in [3.8, 4) is 0 Å². The van der Waals surface area contributed by atoms with Gasteiger partial charge in [0.2, 0.25) is 17.7 Å². The molecule has 0 saturated carbocycles. The Hall–Kier alpha value is -3.12. The molecule has 2 fully saturated rings. The number of nitrogens with zero attached hydrogens (tertiary/aromatic N) is 2. The number of anilines is 2. The lowest BCUT2D eigenvalue weighted by Gasteiger charge is -2.30. The van der Waals surface area contributed by atoms with Gasteiger partial charge in [-0.3, -0.25) is 14.4 Å². The van der Waals surface area contributed by atoms with Crippen molar-refractivity contribution in [2.24, 2.45) is 5.92 Å². The Morgan fingerprint density at radius 2 is 1.78 bits per heavy atom. The van der Waals surface area contributed by atoms with Gasteiger partial charge in [0.05, 0.1) is 10.7 Å². The van der Waals surface area contributed by atoms with Crippen LogP contribution >= 0.6 is 11.6 Å². The van der Waals surface area contributed by atoms with Crippen LogP contribution in [0.5, 0.6) is 0 Å². The van der Waals surface area contributed by atoms with Crippen LogP contribution in [0.2, 0.25) is 5.02 Å². The quantitative estimate of drug-likeness (QED) is 0.687. The molecule has 0 unspecified atom stereocenters. The van der Waals surface area contributed by atoms with E-state index in [2.05, 4.69) is 5.32 Å². The molecule has 32 heavy (non-hydrogen) atoms. The predicted octanol–water partition coefficient (Wildman–Crippen LogP) is 4.36. The average molecular weight is 452 g/mol. The van der Waals surface area contributed by atoms with Crippen molar-refractivity contribution < 1.29 is 14.4 Å². The highest BCUT2D eigenvalue weighted by molar-refractivity contribution is 6.34. The fourth-order valence-electron chi connectivity index (χ4n) is 4.15. The van der Waals surface area contributed by atoms with E-state index in [4.69, 9.17) is 11.6 Å². The molecule has 6 nitrogen and oxygen atoms in total. The number of hydrogen-bond acceptors (Lipinski definition) is 3. The zero-order valence-corrected chi connectivity index (χ0v) is 18.6. The molecule has 1 N–H and O–H groups in total. The van der Waals surface area contributed by atoms with E-state index in [9.17, 15) is 14.4 Å². The summed E-state index contributed by atoms with van der Waals surface area (Å²) in [5.41, 5.74) is 2.27. The van der Waals surface area contributed by atoms with Gasteiger partial charge in [-0.05, 0) is 49.1 Å². The van der Waals surface area contributed by atoms with Gasteiger partial charge in [-0.2, -0.15) is 0 Å². The number of benzene rings is 2. The lowest BCUT2D eigenvalue weighted by atomic mass is 9.95. The first kappa shape index (κ1) is 22.1. The van der Waals surface area contributed by atoms with E-state index in [1.54, 1.807) is 34.1 Å². The molecule has 166 valence electrons. The van der Waals surface area contributed by atoms with Gasteiger partial charge in [0.1, 0.15) is 0 Å². The molecule has 2 aromatic carbocycles. The third-order valence-corrected chi connectivity index (χ3v) is 6.28. The van der Waals surface area contributed by atoms with Crippen LogP contribution in [0, 0.1) is 5.92 Å². The topological polar surface area (TPSA) is 69.7 Å². The normalized spacial score (nSPS) is 17.2. The first-order valence-corrected chi connectivity index (χ1v) is 11.3. The average Bonchev–Trinajstić information content (AvgIpc) is 3.24. The van der Waals surface area contributed by atoms with E-state index in [0.29, 0.717) is 55.3 Å². The Morgan fingerprint density at radius 1 is 1.03 bits per heavy atom. The number of carbonyl (C=O) groups is 3. The van der Waals surface area contributed by atoms with E-state index in [0.717, 1.165) is 12.0 Å². The number of hydrogen-bond donors (Lipinski definition) is 1. The summed E-state index contributed by atoms with van der Waals surface area (Å²) in [5, 5.41) is 3.38. The number of rotatable bonds is 5. The van der Waals surface area contributed by atoms with Crippen molar-refractivity contribution in [2.75, 3.05) is 29.9 Å². The molecule has 2 aromatic rings. The van der Waals surface area contributed by atoms with Gasteiger partial charge < -0.3 is 15.1 Å². The molecule has 0 aliphatic carbocycles. The van der Waals surface area contributed by atoms with Crippen LogP contribution in [0.1, 0.15) is 31.2 Å². The Balaban J connectivity index is 1.29. The molecule has 2 saturated heterocycles. The second kappa shape index (κ2) is 10.0. The molecule has 4 rings (SSSR count). The molecule has 0 spiro atoms. The van der Waals surface area contributed by atoms with Crippen LogP contribution in [-0.2, 0) is 14.4 Å². The van der Waals surface area contributed by atoms with Gasteiger partial charge >= 0.3 is 0 Å². The smallest absolute Gasteiger partial charge is 0.246 e. The number of halogens is 1. The minimum Gasteiger partial charge on any atom is -0.339 e. The van der Waals surface area contributed by atoms with Crippen LogP contribution in [0.25, 0.3) is 6.08 Å². The Kier molecular flexibility index (Phi) is 6.90. The van der Waals surface area contributed by atoms with Crippen molar-refractivity contribution in [1.82, 2.24) is 4.90 Å². The second-order valence-electron chi connectivity index (χ2n) is 8.15. The highest BCUT2D eigenvalue weighted by Gasteiger charge is 2.27. The lowest BCUT2D eigenvalue weighted by molar-refractivity contribution is -0.130. The molecule has 2 heterocycles. The predicted molar refractivity (Wildman–Crippen MR) is 126 cm³/mol. The SMILES string of the molecule is O=C(Nc1ccc(N2CCCC2=O)c(Cl)c1)C1CCN(C(=O)/C=C/c2ccccc2)CC1. The van der Waals surface area contributed by atoms with Crippen LogP contribution in [0.15, 0.2) is 54.6 Å². The number of amides is 3. The zero-order valence-electron chi connectivity index (χ0n) is 17.8. The van der Waals surface area contributed by atoms with Crippen LogP contribution in [-0.4, -0.2) is 42.3 Å². The van der Waals surface area contributed by atoms with E-state index in [1.807, 2.05) is 36.4 Å². The summed E-state index contributed by atoms with van der Waals surface area (Å²) >= 11 is 6.38. The van der Waals surface area contributed by atoms with Gasteiger partial charge in [0, 0.05) is 43.7 Å². The molecule has 0 aromatic heterocycles. The molecule has 0 bridgehead atoms. The molecule has 7 heteroatoms. The Morgan fingerprint density at radius 3 is 2.44 bits per heavy atom. The summed E-state index contributed by atoms with van der Waals surface area (Å²) in [6.45, 7) is 1.77. The van der Waals surface area contributed by atoms with E-state index in [1.165, 1.54) is 0 Å². The highest BCUT2D eigenvalue weighted by Crippen LogP contribution is 2.32. The van der Waals surface area contributed by atoms with Crippen LogP contribution in [0.4, 0.5) is 11.4 Å². The largest absolute Gasteiger partial charge is 0.339 e. The molecule has 2 aliphatic heterocycles. The van der Waals surface area contributed by atoms with E-state index >= 15 is 0 Å². The fraction of sp³-hybridized carbons (Fsp3) is 0.320. The Labute approximate surface area is 192 Å². The maximum atomic E-state index is 12.7. The zero-order chi connectivity index (χ0) is 22.5. The molecular formula is C25H26ClN3O3. The fourth-order valence-corrected chi connectivity index (χ4v) is 4.43. The van der Waals surface area contributed by atoms with Crippen molar-refractivity contribution in [3.63, 3.8) is 0 Å². The van der Waals surface area contributed by atoms with Gasteiger partial charge in [-0.15, -0.1) is 0 Å².